The van der Waals surface area contributed by atoms with Gasteiger partial charge in [0.15, 0.2) is 0 Å². The Kier molecular flexibility index (Phi) is 4.04. The summed E-state index contributed by atoms with van der Waals surface area (Å²) in [6.45, 7) is 2.66. The minimum Gasteiger partial charge on any atom is -0.384 e. The molecule has 0 spiro atoms. The maximum absolute atomic E-state index is 12.1. The molecule has 0 bridgehead atoms. The molecule has 1 aliphatic rings. The Labute approximate surface area is 111 Å². The molecule has 1 aromatic heterocycles. The topological polar surface area (TPSA) is 77.2 Å². The lowest BCUT2D eigenvalue weighted by Crippen LogP contribution is -2.41. The summed E-state index contributed by atoms with van der Waals surface area (Å²) in [5.74, 6) is 0.0677. The number of aromatic nitrogens is 1. The maximum atomic E-state index is 12.1. The Hall–Kier alpha value is -1.33. The summed E-state index contributed by atoms with van der Waals surface area (Å²) in [5, 5.41) is 3.25. The van der Waals surface area contributed by atoms with Gasteiger partial charge < -0.3 is 15.8 Å². The van der Waals surface area contributed by atoms with Gasteiger partial charge in [-0.25, -0.2) is 4.98 Å². The molecule has 1 amide bonds. The monoisotopic (exact) mass is 269 g/mol. The molecule has 1 fully saturated rings. The first-order valence-electron chi connectivity index (χ1n) is 5.89. The van der Waals surface area contributed by atoms with E-state index < -0.39 is 0 Å². The molecule has 0 radical (unpaired) electrons. The van der Waals surface area contributed by atoms with E-state index in [4.69, 9.17) is 22.1 Å². The standard InChI is InChI=1S/C12H16ClN3O2/c1-7-4-8(2-3-18-7)16-12(17)9-5-11(14)15-6-10(9)13/h5-8H,2-4H2,1H3,(H2,14,15)(H,16,17). The van der Waals surface area contributed by atoms with E-state index in [0.717, 1.165) is 12.8 Å². The quantitative estimate of drug-likeness (QED) is 0.855. The largest absolute Gasteiger partial charge is 0.384 e. The molecule has 2 rings (SSSR count). The third kappa shape index (κ3) is 3.11. The van der Waals surface area contributed by atoms with Gasteiger partial charge >= 0.3 is 0 Å². The normalized spacial score (nSPS) is 23.7. The minimum atomic E-state index is -0.215. The van der Waals surface area contributed by atoms with Crippen molar-refractivity contribution in [3.8, 4) is 0 Å². The van der Waals surface area contributed by atoms with Crippen molar-refractivity contribution in [1.29, 1.82) is 0 Å². The van der Waals surface area contributed by atoms with Gasteiger partial charge in [0.2, 0.25) is 0 Å². The molecular formula is C12H16ClN3O2. The number of halogens is 1. The summed E-state index contributed by atoms with van der Waals surface area (Å²) in [4.78, 5) is 15.9. The van der Waals surface area contributed by atoms with E-state index in [1.807, 2.05) is 6.92 Å². The van der Waals surface area contributed by atoms with Crippen molar-refractivity contribution in [2.45, 2.75) is 31.9 Å². The average molecular weight is 270 g/mol. The first-order valence-corrected chi connectivity index (χ1v) is 6.27. The third-order valence-electron chi connectivity index (χ3n) is 2.94. The van der Waals surface area contributed by atoms with Crippen LogP contribution in [0.1, 0.15) is 30.1 Å². The summed E-state index contributed by atoms with van der Waals surface area (Å²) in [6, 6.07) is 1.60. The van der Waals surface area contributed by atoms with Gasteiger partial charge in [0.05, 0.1) is 16.7 Å². The van der Waals surface area contributed by atoms with Crippen LogP contribution in [0.15, 0.2) is 12.3 Å². The number of hydrogen-bond acceptors (Lipinski definition) is 4. The highest BCUT2D eigenvalue weighted by Gasteiger charge is 2.22. The van der Waals surface area contributed by atoms with Crippen LogP contribution in [0.3, 0.4) is 0 Å². The summed E-state index contributed by atoms with van der Waals surface area (Å²) >= 11 is 5.93. The van der Waals surface area contributed by atoms with Gasteiger partial charge in [-0.05, 0) is 25.8 Å². The molecule has 0 aromatic carbocycles. The van der Waals surface area contributed by atoms with Crippen LogP contribution in [0.2, 0.25) is 5.02 Å². The molecule has 1 aromatic rings. The molecule has 98 valence electrons. The van der Waals surface area contributed by atoms with Crippen LogP contribution in [-0.4, -0.2) is 29.6 Å². The molecule has 1 saturated heterocycles. The van der Waals surface area contributed by atoms with Gasteiger partial charge in [-0.2, -0.15) is 0 Å². The van der Waals surface area contributed by atoms with Gasteiger partial charge in [0.25, 0.3) is 5.91 Å². The second-order valence-corrected chi connectivity index (χ2v) is 4.87. The van der Waals surface area contributed by atoms with Crippen LogP contribution < -0.4 is 11.1 Å². The highest BCUT2D eigenvalue weighted by molar-refractivity contribution is 6.33. The van der Waals surface area contributed by atoms with E-state index in [-0.39, 0.29) is 23.9 Å². The van der Waals surface area contributed by atoms with Gasteiger partial charge in [-0.1, -0.05) is 11.6 Å². The molecule has 0 aliphatic carbocycles. The second kappa shape index (κ2) is 5.54. The molecule has 1 aliphatic heterocycles. The number of carbonyl (C=O) groups is 1. The van der Waals surface area contributed by atoms with Crippen LogP contribution in [-0.2, 0) is 4.74 Å². The fourth-order valence-corrected chi connectivity index (χ4v) is 2.21. The molecule has 2 unspecified atom stereocenters. The van der Waals surface area contributed by atoms with Gasteiger partial charge in [-0.3, -0.25) is 4.79 Å². The lowest BCUT2D eigenvalue weighted by Gasteiger charge is -2.28. The third-order valence-corrected chi connectivity index (χ3v) is 3.24. The number of nitrogen functional groups attached to an aromatic ring is 1. The number of amides is 1. The lowest BCUT2D eigenvalue weighted by atomic mass is 10.0. The Bertz CT molecular complexity index is 453. The number of nitrogens with two attached hydrogens (primary N) is 1. The number of nitrogens with one attached hydrogen (secondary N) is 1. The zero-order valence-electron chi connectivity index (χ0n) is 10.1. The second-order valence-electron chi connectivity index (χ2n) is 4.47. The number of pyridine rings is 1. The van der Waals surface area contributed by atoms with Crippen molar-refractivity contribution in [2.24, 2.45) is 0 Å². The summed E-state index contributed by atoms with van der Waals surface area (Å²) in [5.41, 5.74) is 5.91. The van der Waals surface area contributed by atoms with Gasteiger partial charge in [-0.15, -0.1) is 0 Å². The van der Waals surface area contributed by atoms with E-state index in [2.05, 4.69) is 10.3 Å². The van der Waals surface area contributed by atoms with Crippen molar-refractivity contribution in [3.63, 3.8) is 0 Å². The lowest BCUT2D eigenvalue weighted by molar-refractivity contribution is 0.0136. The number of carbonyl (C=O) groups excluding carboxylic acids is 1. The first-order chi connectivity index (χ1) is 8.56. The van der Waals surface area contributed by atoms with Crippen molar-refractivity contribution < 1.29 is 9.53 Å². The summed E-state index contributed by atoms with van der Waals surface area (Å²) < 4.78 is 5.43. The van der Waals surface area contributed by atoms with E-state index in [1.54, 1.807) is 0 Å². The van der Waals surface area contributed by atoms with E-state index in [0.29, 0.717) is 17.2 Å². The highest BCUT2D eigenvalue weighted by Crippen LogP contribution is 2.18. The molecule has 2 atom stereocenters. The molecule has 3 N–H and O–H groups in total. The molecule has 2 heterocycles. The van der Waals surface area contributed by atoms with Crippen molar-refractivity contribution >= 4 is 23.3 Å². The highest BCUT2D eigenvalue weighted by atomic mass is 35.5. The molecule has 18 heavy (non-hydrogen) atoms. The first kappa shape index (κ1) is 13.1. The molecule has 6 heteroatoms. The van der Waals surface area contributed by atoms with Crippen LogP contribution in [0.25, 0.3) is 0 Å². The van der Waals surface area contributed by atoms with Crippen molar-refractivity contribution in [3.05, 3.63) is 22.8 Å². The predicted octanol–water partition coefficient (Wildman–Crippen LogP) is 1.61. The fourth-order valence-electron chi connectivity index (χ4n) is 2.02. The Morgan fingerprint density at radius 3 is 3.17 bits per heavy atom. The van der Waals surface area contributed by atoms with Crippen molar-refractivity contribution in [2.75, 3.05) is 12.3 Å². The minimum absolute atomic E-state index is 0.117. The smallest absolute Gasteiger partial charge is 0.253 e. The van der Waals surface area contributed by atoms with E-state index >= 15 is 0 Å². The molecule has 5 nitrogen and oxygen atoms in total. The van der Waals surface area contributed by atoms with Gasteiger partial charge in [0, 0.05) is 18.8 Å². The zero-order chi connectivity index (χ0) is 13.1. The maximum Gasteiger partial charge on any atom is 0.253 e. The van der Waals surface area contributed by atoms with Crippen LogP contribution in [0.4, 0.5) is 5.82 Å². The Balaban J connectivity index is 2.05. The molecule has 0 saturated carbocycles. The Morgan fingerprint density at radius 1 is 1.67 bits per heavy atom. The van der Waals surface area contributed by atoms with Gasteiger partial charge in [0.1, 0.15) is 5.82 Å². The zero-order valence-corrected chi connectivity index (χ0v) is 10.9. The number of nitrogens with zero attached hydrogens (tertiary/aromatic N) is 1. The van der Waals surface area contributed by atoms with Crippen molar-refractivity contribution in [1.82, 2.24) is 10.3 Å². The van der Waals surface area contributed by atoms with Crippen LogP contribution >= 0.6 is 11.6 Å². The number of ether oxygens (including phenoxy) is 1. The summed E-state index contributed by atoms with van der Waals surface area (Å²) in [6.07, 6.45) is 3.18. The van der Waals surface area contributed by atoms with E-state index in [1.165, 1.54) is 12.3 Å². The number of rotatable bonds is 2. The predicted molar refractivity (Wildman–Crippen MR) is 69.6 cm³/mol. The summed E-state index contributed by atoms with van der Waals surface area (Å²) in [7, 11) is 0. The number of anilines is 1. The SMILES string of the molecule is CC1CC(NC(=O)c2cc(N)ncc2Cl)CCO1. The fraction of sp³-hybridized carbons (Fsp3) is 0.500. The average Bonchev–Trinajstić information content (AvgIpc) is 2.32. The molecular weight excluding hydrogens is 254 g/mol. The Morgan fingerprint density at radius 2 is 2.44 bits per heavy atom. The van der Waals surface area contributed by atoms with E-state index in [9.17, 15) is 4.79 Å². The van der Waals surface area contributed by atoms with Crippen LogP contribution in [0, 0.1) is 0 Å². The van der Waals surface area contributed by atoms with Crippen LogP contribution in [0.5, 0.6) is 0 Å². The number of hydrogen-bond donors (Lipinski definition) is 2.